The molecule has 2 aliphatic heterocycles. The summed E-state index contributed by atoms with van der Waals surface area (Å²) >= 11 is 0. The molecule has 31 heavy (non-hydrogen) atoms. The Bertz CT molecular complexity index is 835. The van der Waals surface area contributed by atoms with Crippen LogP contribution in [0.3, 0.4) is 0 Å². The number of nitrogens with zero attached hydrogens (tertiary/aromatic N) is 2. The fourth-order valence-corrected chi connectivity index (χ4v) is 6.06. The van der Waals surface area contributed by atoms with Gasteiger partial charge in [-0.25, -0.2) is 12.7 Å². The quantitative estimate of drug-likeness (QED) is 0.568. The number of carbonyl (C=O) groups excluding carboxylic acids is 2. The van der Waals surface area contributed by atoms with E-state index in [0.717, 1.165) is 12.0 Å². The lowest BCUT2D eigenvalue weighted by Gasteiger charge is -2.37. The van der Waals surface area contributed by atoms with Crippen molar-refractivity contribution in [3.05, 3.63) is 35.9 Å². The summed E-state index contributed by atoms with van der Waals surface area (Å²) in [4.78, 5) is 26.7. The minimum absolute atomic E-state index is 0.0199. The predicted molar refractivity (Wildman–Crippen MR) is 119 cm³/mol. The molecule has 1 unspecified atom stereocenters. The minimum atomic E-state index is -3.38. The van der Waals surface area contributed by atoms with Crippen molar-refractivity contribution in [3.8, 4) is 0 Å². The fraction of sp³-hybridized carbons (Fsp3) is 0.652. The Morgan fingerprint density at radius 1 is 1.03 bits per heavy atom. The van der Waals surface area contributed by atoms with Crippen LogP contribution in [0.5, 0.6) is 0 Å². The number of likely N-dealkylation sites (tertiary alicyclic amines) is 1. The molecule has 7 nitrogen and oxygen atoms in total. The zero-order chi connectivity index (χ0) is 22.3. The highest BCUT2D eigenvalue weighted by molar-refractivity contribution is 7.89. The standard InChI is InChI=1S/C23H34N2O5S/c1-2-30-23(27)20-12-15-24(16-13-20)22(26)21-11-6-14-25(18-21)31(28,29)17-7-10-19-8-4-3-5-9-19/h3-5,8-9,20-21H,2,6-7,10-18H2,1H3. The highest BCUT2D eigenvalue weighted by Crippen LogP contribution is 2.25. The molecule has 0 bridgehead atoms. The lowest BCUT2D eigenvalue weighted by Crippen LogP contribution is -2.49. The molecule has 2 heterocycles. The molecular weight excluding hydrogens is 416 g/mol. The average Bonchev–Trinajstić information content (AvgIpc) is 2.79. The summed E-state index contributed by atoms with van der Waals surface area (Å²) in [5.41, 5.74) is 1.13. The van der Waals surface area contributed by atoms with Crippen LogP contribution in [-0.4, -0.2) is 68.0 Å². The second-order valence-corrected chi connectivity index (χ2v) is 10.5. The Hall–Kier alpha value is -1.93. The lowest BCUT2D eigenvalue weighted by atomic mass is 9.93. The van der Waals surface area contributed by atoms with Gasteiger partial charge in [0.05, 0.1) is 24.2 Å². The van der Waals surface area contributed by atoms with Gasteiger partial charge in [0.1, 0.15) is 0 Å². The Morgan fingerprint density at radius 3 is 2.42 bits per heavy atom. The van der Waals surface area contributed by atoms with Crippen LogP contribution in [0.15, 0.2) is 30.3 Å². The van der Waals surface area contributed by atoms with Crippen molar-refractivity contribution in [2.45, 2.75) is 45.4 Å². The van der Waals surface area contributed by atoms with Gasteiger partial charge in [0.2, 0.25) is 15.9 Å². The molecule has 1 aromatic rings. The van der Waals surface area contributed by atoms with Crippen molar-refractivity contribution < 1.29 is 22.7 Å². The number of hydrogen-bond donors (Lipinski definition) is 0. The summed E-state index contributed by atoms with van der Waals surface area (Å²) in [6.07, 6.45) is 3.94. The third-order valence-electron chi connectivity index (χ3n) is 6.26. The van der Waals surface area contributed by atoms with Crippen molar-refractivity contribution >= 4 is 21.9 Å². The van der Waals surface area contributed by atoms with E-state index < -0.39 is 10.0 Å². The van der Waals surface area contributed by atoms with Crippen LogP contribution in [0.4, 0.5) is 0 Å². The Labute approximate surface area is 185 Å². The van der Waals surface area contributed by atoms with E-state index in [-0.39, 0.29) is 36.0 Å². The first-order chi connectivity index (χ1) is 14.9. The molecule has 0 radical (unpaired) electrons. The number of rotatable bonds is 8. The molecule has 1 amide bonds. The maximum Gasteiger partial charge on any atom is 0.309 e. The van der Waals surface area contributed by atoms with Crippen LogP contribution < -0.4 is 0 Å². The highest BCUT2D eigenvalue weighted by atomic mass is 32.2. The van der Waals surface area contributed by atoms with Gasteiger partial charge in [-0.15, -0.1) is 0 Å². The molecule has 0 N–H and O–H groups in total. The second kappa shape index (κ2) is 11.1. The smallest absolute Gasteiger partial charge is 0.309 e. The molecule has 0 spiro atoms. The average molecular weight is 451 g/mol. The van der Waals surface area contributed by atoms with Crippen LogP contribution in [0, 0.1) is 11.8 Å². The maximum atomic E-state index is 13.0. The molecule has 8 heteroatoms. The molecule has 172 valence electrons. The number of hydrogen-bond acceptors (Lipinski definition) is 5. The van der Waals surface area contributed by atoms with Gasteiger partial charge in [0.15, 0.2) is 0 Å². The maximum absolute atomic E-state index is 13.0. The van der Waals surface area contributed by atoms with Crippen molar-refractivity contribution in [2.24, 2.45) is 11.8 Å². The van der Waals surface area contributed by atoms with Gasteiger partial charge in [-0.3, -0.25) is 9.59 Å². The van der Waals surface area contributed by atoms with Crippen molar-refractivity contribution in [2.75, 3.05) is 38.5 Å². The Balaban J connectivity index is 1.49. The molecule has 2 aliphatic rings. The number of carbonyl (C=O) groups is 2. The minimum Gasteiger partial charge on any atom is -0.466 e. The summed E-state index contributed by atoms with van der Waals surface area (Å²) in [6.45, 7) is 3.98. The number of amides is 1. The highest BCUT2D eigenvalue weighted by Gasteiger charge is 2.36. The van der Waals surface area contributed by atoms with E-state index in [1.54, 1.807) is 11.8 Å². The predicted octanol–water partition coefficient (Wildman–Crippen LogP) is 2.46. The first-order valence-electron chi connectivity index (χ1n) is 11.4. The van der Waals surface area contributed by atoms with Crippen molar-refractivity contribution in [1.82, 2.24) is 9.21 Å². The van der Waals surface area contributed by atoms with Gasteiger partial charge >= 0.3 is 5.97 Å². The zero-order valence-electron chi connectivity index (χ0n) is 18.4. The molecule has 2 saturated heterocycles. The van der Waals surface area contributed by atoms with Crippen LogP contribution in [-0.2, 0) is 30.8 Å². The summed E-state index contributed by atoms with van der Waals surface area (Å²) in [6, 6.07) is 9.88. The molecule has 0 saturated carbocycles. The van der Waals surface area contributed by atoms with E-state index in [0.29, 0.717) is 58.3 Å². The monoisotopic (exact) mass is 450 g/mol. The van der Waals surface area contributed by atoms with E-state index >= 15 is 0 Å². The number of piperidine rings is 2. The lowest BCUT2D eigenvalue weighted by molar-refractivity contribution is -0.152. The Kier molecular flexibility index (Phi) is 8.49. The first kappa shape index (κ1) is 23.7. The van der Waals surface area contributed by atoms with Gasteiger partial charge < -0.3 is 9.64 Å². The third-order valence-corrected chi connectivity index (χ3v) is 8.19. The molecule has 0 aromatic heterocycles. The molecule has 1 atom stereocenters. The molecule has 0 aliphatic carbocycles. The summed E-state index contributed by atoms with van der Waals surface area (Å²) in [5, 5.41) is 0. The SMILES string of the molecule is CCOC(=O)C1CCN(C(=O)C2CCCN(S(=O)(=O)CCCc3ccccc3)C2)CC1. The fourth-order valence-electron chi connectivity index (χ4n) is 4.48. The summed E-state index contributed by atoms with van der Waals surface area (Å²) in [5.74, 6) is -0.492. The summed E-state index contributed by atoms with van der Waals surface area (Å²) in [7, 11) is -3.38. The molecular formula is C23H34N2O5S. The molecule has 1 aromatic carbocycles. The van der Waals surface area contributed by atoms with E-state index in [1.807, 2.05) is 30.3 Å². The van der Waals surface area contributed by atoms with E-state index in [9.17, 15) is 18.0 Å². The third kappa shape index (κ3) is 6.53. The van der Waals surface area contributed by atoms with Crippen LogP contribution >= 0.6 is 0 Å². The number of ether oxygens (including phenoxy) is 1. The van der Waals surface area contributed by atoms with E-state index in [2.05, 4.69) is 0 Å². The van der Waals surface area contributed by atoms with Crippen LogP contribution in [0.1, 0.15) is 44.6 Å². The van der Waals surface area contributed by atoms with Gasteiger partial charge in [-0.05, 0) is 51.0 Å². The summed E-state index contributed by atoms with van der Waals surface area (Å²) < 4.78 is 32.3. The van der Waals surface area contributed by atoms with Crippen LogP contribution in [0.25, 0.3) is 0 Å². The van der Waals surface area contributed by atoms with Crippen molar-refractivity contribution in [3.63, 3.8) is 0 Å². The van der Waals surface area contributed by atoms with Gasteiger partial charge in [0, 0.05) is 26.2 Å². The number of aryl methyl sites for hydroxylation is 1. The number of esters is 1. The first-order valence-corrected chi connectivity index (χ1v) is 13.0. The zero-order valence-corrected chi connectivity index (χ0v) is 19.2. The van der Waals surface area contributed by atoms with Gasteiger partial charge in [-0.1, -0.05) is 30.3 Å². The van der Waals surface area contributed by atoms with Gasteiger partial charge in [-0.2, -0.15) is 0 Å². The van der Waals surface area contributed by atoms with E-state index in [1.165, 1.54) is 4.31 Å². The largest absolute Gasteiger partial charge is 0.466 e. The van der Waals surface area contributed by atoms with Gasteiger partial charge in [0.25, 0.3) is 0 Å². The normalized spacial score (nSPS) is 21.1. The number of benzene rings is 1. The van der Waals surface area contributed by atoms with Crippen LogP contribution in [0.2, 0.25) is 0 Å². The molecule has 3 rings (SSSR count). The van der Waals surface area contributed by atoms with Crippen molar-refractivity contribution in [1.29, 1.82) is 0 Å². The Morgan fingerprint density at radius 2 is 1.74 bits per heavy atom. The topological polar surface area (TPSA) is 84.0 Å². The second-order valence-electron chi connectivity index (χ2n) is 8.45. The van der Waals surface area contributed by atoms with E-state index in [4.69, 9.17) is 4.74 Å². The number of sulfonamides is 1. The molecule has 2 fully saturated rings.